The number of carboxylic acids is 1. The smallest absolute Gasteiger partial charge is 0.326 e. The lowest BCUT2D eigenvalue weighted by Crippen LogP contribution is -2.42. The summed E-state index contributed by atoms with van der Waals surface area (Å²) in [6.07, 6.45) is 1.70. The van der Waals surface area contributed by atoms with Crippen molar-refractivity contribution in [3.8, 4) is 0 Å². The van der Waals surface area contributed by atoms with Crippen LogP contribution in [0.4, 0.5) is 0 Å². The lowest BCUT2D eigenvalue weighted by molar-refractivity contribution is -0.139. The Morgan fingerprint density at radius 2 is 2.24 bits per heavy atom. The van der Waals surface area contributed by atoms with Crippen molar-refractivity contribution in [1.29, 1.82) is 0 Å². The Bertz CT molecular complexity index is 705. The van der Waals surface area contributed by atoms with E-state index in [0.717, 1.165) is 18.4 Å². The van der Waals surface area contributed by atoms with Crippen LogP contribution in [0, 0.1) is 5.92 Å². The van der Waals surface area contributed by atoms with Crippen LogP contribution in [0.15, 0.2) is 18.2 Å². The molecule has 7 nitrogen and oxygen atoms in total. The van der Waals surface area contributed by atoms with Gasteiger partial charge < -0.3 is 10.4 Å². The van der Waals surface area contributed by atoms with Gasteiger partial charge in [0.1, 0.15) is 11.6 Å². The molecule has 2 aromatic rings. The first-order chi connectivity index (χ1) is 10.1. The number of nitrogens with one attached hydrogen (secondary N) is 1. The van der Waals surface area contributed by atoms with Crippen LogP contribution in [0.5, 0.6) is 0 Å². The zero-order valence-corrected chi connectivity index (χ0v) is 11.6. The molecular weight excluding hydrogens is 272 g/mol. The average molecular weight is 288 g/mol. The molecule has 0 radical (unpaired) electrons. The molecule has 1 aromatic carbocycles. The predicted molar refractivity (Wildman–Crippen MR) is 74.8 cm³/mol. The summed E-state index contributed by atoms with van der Waals surface area (Å²) in [7, 11) is 0. The number of aromatic nitrogens is 3. The van der Waals surface area contributed by atoms with Crippen LogP contribution in [0.2, 0.25) is 0 Å². The number of nitrogens with zero attached hydrogens (tertiary/aromatic N) is 3. The number of carbonyl (C=O) groups excluding carboxylic acids is 1. The number of amides is 1. The zero-order valence-electron chi connectivity index (χ0n) is 11.6. The molecule has 1 amide bonds. The Labute approximate surface area is 120 Å². The van der Waals surface area contributed by atoms with Crippen molar-refractivity contribution in [2.75, 3.05) is 0 Å². The molecule has 1 heterocycles. The Hall–Kier alpha value is -2.44. The van der Waals surface area contributed by atoms with Crippen LogP contribution in [0.1, 0.15) is 30.1 Å². The quantitative estimate of drug-likeness (QED) is 0.857. The van der Waals surface area contributed by atoms with E-state index in [4.69, 9.17) is 5.11 Å². The number of hydrogen-bond acceptors (Lipinski definition) is 4. The highest BCUT2D eigenvalue weighted by Crippen LogP contribution is 2.32. The van der Waals surface area contributed by atoms with Gasteiger partial charge in [-0.25, -0.2) is 9.48 Å². The third-order valence-electron chi connectivity index (χ3n) is 3.72. The SMILES string of the molecule is CCn1nnc2cc(C(=O)NC(C(=O)O)C3CC3)ccc21. The third-order valence-corrected chi connectivity index (χ3v) is 3.72. The monoisotopic (exact) mass is 288 g/mol. The first-order valence-corrected chi connectivity index (χ1v) is 6.97. The number of carbonyl (C=O) groups is 2. The number of rotatable bonds is 5. The Morgan fingerprint density at radius 1 is 1.48 bits per heavy atom. The van der Waals surface area contributed by atoms with Crippen molar-refractivity contribution < 1.29 is 14.7 Å². The summed E-state index contributed by atoms with van der Waals surface area (Å²) < 4.78 is 1.74. The molecule has 0 aliphatic heterocycles. The number of benzene rings is 1. The number of hydrogen-bond donors (Lipinski definition) is 2. The first-order valence-electron chi connectivity index (χ1n) is 6.97. The van der Waals surface area contributed by atoms with Crippen molar-refractivity contribution in [3.63, 3.8) is 0 Å². The fourth-order valence-corrected chi connectivity index (χ4v) is 2.38. The molecule has 1 unspecified atom stereocenters. The van der Waals surface area contributed by atoms with E-state index in [2.05, 4.69) is 15.6 Å². The van der Waals surface area contributed by atoms with Crippen molar-refractivity contribution in [2.24, 2.45) is 5.92 Å². The molecule has 1 aromatic heterocycles. The number of aliphatic carboxylic acids is 1. The fraction of sp³-hybridized carbons (Fsp3) is 0.429. The van der Waals surface area contributed by atoms with Crippen LogP contribution in [0.3, 0.4) is 0 Å². The summed E-state index contributed by atoms with van der Waals surface area (Å²) in [5.74, 6) is -1.32. The van der Waals surface area contributed by atoms with Crippen LogP contribution < -0.4 is 5.32 Å². The van der Waals surface area contributed by atoms with E-state index in [0.29, 0.717) is 17.6 Å². The van der Waals surface area contributed by atoms with Gasteiger partial charge in [-0.3, -0.25) is 4.79 Å². The normalized spacial score (nSPS) is 15.9. The minimum Gasteiger partial charge on any atom is -0.480 e. The molecule has 1 atom stereocenters. The van der Waals surface area contributed by atoms with Gasteiger partial charge in [-0.15, -0.1) is 5.10 Å². The van der Waals surface area contributed by atoms with Crippen LogP contribution >= 0.6 is 0 Å². The maximum Gasteiger partial charge on any atom is 0.326 e. The van der Waals surface area contributed by atoms with Gasteiger partial charge in [-0.05, 0) is 43.9 Å². The van der Waals surface area contributed by atoms with E-state index in [1.165, 1.54) is 0 Å². The molecule has 1 aliphatic carbocycles. The summed E-state index contributed by atoms with van der Waals surface area (Å²) in [6.45, 7) is 2.66. The lowest BCUT2D eigenvalue weighted by atomic mass is 10.1. The second kappa shape index (κ2) is 5.16. The Morgan fingerprint density at radius 3 is 2.86 bits per heavy atom. The van der Waals surface area contributed by atoms with E-state index in [1.807, 2.05) is 6.92 Å². The number of aryl methyl sites for hydroxylation is 1. The van der Waals surface area contributed by atoms with Gasteiger partial charge in [-0.1, -0.05) is 5.21 Å². The molecule has 1 fully saturated rings. The molecule has 3 rings (SSSR count). The third kappa shape index (κ3) is 2.58. The van der Waals surface area contributed by atoms with Gasteiger partial charge in [0, 0.05) is 12.1 Å². The Kier molecular flexibility index (Phi) is 3.32. The summed E-state index contributed by atoms with van der Waals surface area (Å²) in [5.41, 5.74) is 1.88. The minimum atomic E-state index is -0.983. The molecule has 21 heavy (non-hydrogen) atoms. The highest BCUT2D eigenvalue weighted by Gasteiger charge is 2.37. The van der Waals surface area contributed by atoms with Crippen molar-refractivity contribution in [2.45, 2.75) is 32.4 Å². The second-order valence-electron chi connectivity index (χ2n) is 5.24. The molecule has 2 N–H and O–H groups in total. The molecule has 0 spiro atoms. The van der Waals surface area contributed by atoms with Gasteiger partial charge in [-0.2, -0.15) is 0 Å². The van der Waals surface area contributed by atoms with Gasteiger partial charge >= 0.3 is 5.97 Å². The van der Waals surface area contributed by atoms with E-state index < -0.39 is 12.0 Å². The van der Waals surface area contributed by atoms with Gasteiger partial charge in [0.15, 0.2) is 0 Å². The van der Waals surface area contributed by atoms with E-state index in [-0.39, 0.29) is 11.8 Å². The topological polar surface area (TPSA) is 97.1 Å². The maximum absolute atomic E-state index is 12.2. The van der Waals surface area contributed by atoms with Crippen LogP contribution in [-0.2, 0) is 11.3 Å². The minimum absolute atomic E-state index is 0.0520. The van der Waals surface area contributed by atoms with Gasteiger partial charge in [0.2, 0.25) is 0 Å². The summed E-state index contributed by atoms with van der Waals surface area (Å²) in [5, 5.41) is 19.7. The molecule has 1 aliphatic rings. The predicted octanol–water partition coefficient (Wildman–Crippen LogP) is 1.04. The standard InChI is InChI=1S/C14H16N4O3/c1-2-18-11-6-5-9(7-10(11)16-17-18)13(19)15-12(14(20)21)8-3-4-8/h5-8,12H,2-4H2,1H3,(H,15,19)(H,20,21). The first kappa shape index (κ1) is 13.5. The summed E-state index contributed by atoms with van der Waals surface area (Å²) in [4.78, 5) is 23.3. The van der Waals surface area contributed by atoms with Gasteiger partial charge in [0.25, 0.3) is 5.91 Å². The molecule has 7 heteroatoms. The summed E-state index contributed by atoms with van der Waals surface area (Å²) in [6, 6.07) is 4.27. The number of fused-ring (bicyclic) bond motifs is 1. The molecule has 1 saturated carbocycles. The molecule has 110 valence electrons. The molecular formula is C14H16N4O3. The van der Waals surface area contributed by atoms with Crippen molar-refractivity contribution >= 4 is 22.9 Å². The highest BCUT2D eigenvalue weighted by atomic mass is 16.4. The zero-order chi connectivity index (χ0) is 15.0. The summed E-state index contributed by atoms with van der Waals surface area (Å²) >= 11 is 0. The maximum atomic E-state index is 12.2. The van der Waals surface area contributed by atoms with E-state index >= 15 is 0 Å². The lowest BCUT2D eigenvalue weighted by Gasteiger charge is -2.13. The van der Waals surface area contributed by atoms with Crippen molar-refractivity contribution in [1.82, 2.24) is 20.3 Å². The average Bonchev–Trinajstić information content (AvgIpc) is 3.22. The molecule has 0 saturated heterocycles. The van der Waals surface area contributed by atoms with E-state index in [9.17, 15) is 9.59 Å². The van der Waals surface area contributed by atoms with E-state index in [1.54, 1.807) is 22.9 Å². The van der Waals surface area contributed by atoms with Gasteiger partial charge in [0.05, 0.1) is 5.52 Å². The van der Waals surface area contributed by atoms with Crippen LogP contribution in [0.25, 0.3) is 11.0 Å². The Balaban J connectivity index is 1.82. The number of carboxylic acid groups (broad SMARTS) is 1. The van der Waals surface area contributed by atoms with Crippen molar-refractivity contribution in [3.05, 3.63) is 23.8 Å². The largest absolute Gasteiger partial charge is 0.480 e. The van der Waals surface area contributed by atoms with Crippen LogP contribution in [-0.4, -0.2) is 38.0 Å². The second-order valence-corrected chi connectivity index (χ2v) is 5.24. The highest BCUT2D eigenvalue weighted by molar-refractivity contribution is 5.99. The fourth-order valence-electron chi connectivity index (χ4n) is 2.38. The molecule has 0 bridgehead atoms.